The molecule has 27 heavy (non-hydrogen) atoms. The smallest absolute Gasteiger partial charge is 0.186 e. The van der Waals surface area contributed by atoms with Gasteiger partial charge < -0.3 is 0 Å². The number of rotatable bonds is 9. The van der Waals surface area contributed by atoms with E-state index in [0.717, 1.165) is 16.1 Å². The van der Waals surface area contributed by atoms with Gasteiger partial charge in [-0.1, -0.05) is 81.3 Å². The summed E-state index contributed by atoms with van der Waals surface area (Å²) in [6.45, 7) is 4.47. The minimum atomic E-state index is 0.104. The lowest BCUT2D eigenvalue weighted by Crippen LogP contribution is -2.09. The van der Waals surface area contributed by atoms with Crippen LogP contribution < -0.4 is 0 Å². The predicted molar refractivity (Wildman–Crippen MR) is 115 cm³/mol. The van der Waals surface area contributed by atoms with Crippen molar-refractivity contribution in [1.82, 2.24) is 4.98 Å². The van der Waals surface area contributed by atoms with Crippen LogP contribution in [0.1, 0.15) is 67.1 Å². The first-order chi connectivity index (χ1) is 13.2. The SMILES string of the molecule is CCCC(CCC)c1ccccc1CC(=O)c1csc(-c2ccccc2)n1. The van der Waals surface area contributed by atoms with Crippen LogP contribution in [0.2, 0.25) is 0 Å². The van der Waals surface area contributed by atoms with Crippen LogP contribution in [0, 0.1) is 0 Å². The molecule has 0 aliphatic carbocycles. The second kappa shape index (κ2) is 9.61. The fraction of sp³-hybridized carbons (Fsp3) is 0.333. The molecule has 0 fully saturated rings. The summed E-state index contributed by atoms with van der Waals surface area (Å²) in [4.78, 5) is 17.5. The molecule has 2 aromatic carbocycles. The highest BCUT2D eigenvalue weighted by Crippen LogP contribution is 2.30. The Balaban J connectivity index is 1.80. The van der Waals surface area contributed by atoms with Gasteiger partial charge >= 0.3 is 0 Å². The standard InChI is InChI=1S/C24H27NOS/c1-3-10-18(11-4-2)21-15-9-8-14-20(21)16-23(26)22-17-27-24(25-22)19-12-6-5-7-13-19/h5-9,12-15,17-18H,3-4,10-11,16H2,1-2H3. The second-order valence-corrected chi connectivity index (χ2v) is 7.84. The Labute approximate surface area is 166 Å². The van der Waals surface area contributed by atoms with E-state index >= 15 is 0 Å². The van der Waals surface area contributed by atoms with Gasteiger partial charge in [0.05, 0.1) is 0 Å². The van der Waals surface area contributed by atoms with Gasteiger partial charge in [-0.25, -0.2) is 4.98 Å². The first-order valence-electron chi connectivity index (χ1n) is 9.84. The molecule has 0 amide bonds. The molecular weight excluding hydrogens is 350 g/mol. The third-order valence-electron chi connectivity index (χ3n) is 4.93. The van der Waals surface area contributed by atoms with Crippen LogP contribution in [0.3, 0.4) is 0 Å². The zero-order valence-corrected chi connectivity index (χ0v) is 17.0. The van der Waals surface area contributed by atoms with E-state index in [1.807, 2.05) is 41.8 Å². The van der Waals surface area contributed by atoms with Gasteiger partial charge in [0.1, 0.15) is 10.7 Å². The van der Waals surface area contributed by atoms with Gasteiger partial charge in [-0.15, -0.1) is 11.3 Å². The minimum absolute atomic E-state index is 0.104. The first-order valence-corrected chi connectivity index (χ1v) is 10.7. The first kappa shape index (κ1) is 19.5. The minimum Gasteiger partial charge on any atom is -0.292 e. The Bertz CT molecular complexity index is 863. The van der Waals surface area contributed by atoms with Gasteiger partial charge in [0.2, 0.25) is 0 Å². The monoisotopic (exact) mass is 377 g/mol. The largest absolute Gasteiger partial charge is 0.292 e. The molecule has 3 heteroatoms. The molecule has 0 radical (unpaired) electrons. The maximum atomic E-state index is 12.9. The van der Waals surface area contributed by atoms with Crippen molar-refractivity contribution in [1.29, 1.82) is 0 Å². The average Bonchev–Trinajstić information content (AvgIpc) is 3.19. The summed E-state index contributed by atoms with van der Waals surface area (Å²) in [5, 5.41) is 2.80. The number of ketones is 1. The van der Waals surface area contributed by atoms with E-state index in [0.29, 0.717) is 18.0 Å². The number of carbonyl (C=O) groups excluding carboxylic acids is 1. The lowest BCUT2D eigenvalue weighted by molar-refractivity contribution is 0.0988. The van der Waals surface area contributed by atoms with Crippen molar-refractivity contribution in [3.05, 3.63) is 76.8 Å². The van der Waals surface area contributed by atoms with E-state index in [-0.39, 0.29) is 5.78 Å². The molecule has 0 aliphatic heterocycles. The van der Waals surface area contributed by atoms with Crippen molar-refractivity contribution in [3.8, 4) is 10.6 Å². The number of nitrogens with zero attached hydrogens (tertiary/aromatic N) is 1. The van der Waals surface area contributed by atoms with Crippen LogP contribution in [-0.2, 0) is 6.42 Å². The van der Waals surface area contributed by atoms with Crippen molar-refractivity contribution >= 4 is 17.1 Å². The zero-order chi connectivity index (χ0) is 19.1. The maximum absolute atomic E-state index is 12.9. The van der Waals surface area contributed by atoms with Gasteiger partial charge in [-0.2, -0.15) is 0 Å². The summed E-state index contributed by atoms with van der Waals surface area (Å²) in [6, 6.07) is 18.5. The molecule has 0 saturated carbocycles. The topological polar surface area (TPSA) is 30.0 Å². The van der Waals surface area contributed by atoms with Gasteiger partial charge in [0.15, 0.2) is 5.78 Å². The number of Topliss-reactive ketones (excluding diaryl/α,β-unsaturated/α-hetero) is 1. The van der Waals surface area contributed by atoms with Crippen LogP contribution in [-0.4, -0.2) is 10.8 Å². The van der Waals surface area contributed by atoms with Crippen molar-refractivity contribution in [2.45, 2.75) is 51.9 Å². The summed E-state index contributed by atoms with van der Waals surface area (Å²) in [5.74, 6) is 0.645. The molecule has 0 spiro atoms. The summed E-state index contributed by atoms with van der Waals surface area (Å²) in [7, 11) is 0. The van der Waals surface area contributed by atoms with E-state index < -0.39 is 0 Å². The lowest BCUT2D eigenvalue weighted by Gasteiger charge is -2.19. The molecule has 0 aliphatic rings. The molecule has 0 unspecified atom stereocenters. The molecule has 0 saturated heterocycles. The van der Waals surface area contributed by atoms with E-state index in [4.69, 9.17) is 0 Å². The number of benzene rings is 2. The molecule has 3 aromatic rings. The Kier molecular flexibility index (Phi) is 6.94. The van der Waals surface area contributed by atoms with Crippen LogP contribution >= 0.6 is 11.3 Å². The molecular formula is C24H27NOS. The van der Waals surface area contributed by atoms with Crippen LogP contribution in [0.4, 0.5) is 0 Å². The highest BCUT2D eigenvalue weighted by atomic mass is 32.1. The third kappa shape index (κ3) is 4.92. The molecule has 0 N–H and O–H groups in total. The maximum Gasteiger partial charge on any atom is 0.186 e. The van der Waals surface area contributed by atoms with Gasteiger partial charge in [-0.05, 0) is 29.9 Å². The average molecular weight is 378 g/mol. The number of thiazole rings is 1. The molecule has 1 heterocycles. The number of hydrogen-bond acceptors (Lipinski definition) is 3. The van der Waals surface area contributed by atoms with Crippen molar-refractivity contribution in [3.63, 3.8) is 0 Å². The highest BCUT2D eigenvalue weighted by molar-refractivity contribution is 7.13. The van der Waals surface area contributed by atoms with Gasteiger partial charge in [0.25, 0.3) is 0 Å². The molecule has 140 valence electrons. The quantitative estimate of drug-likeness (QED) is 0.379. The van der Waals surface area contributed by atoms with E-state index in [1.165, 1.54) is 42.6 Å². The molecule has 1 aromatic heterocycles. The lowest BCUT2D eigenvalue weighted by atomic mass is 9.86. The Morgan fingerprint density at radius 2 is 1.63 bits per heavy atom. The Morgan fingerprint density at radius 1 is 0.963 bits per heavy atom. The van der Waals surface area contributed by atoms with Gasteiger partial charge in [0, 0.05) is 17.4 Å². The van der Waals surface area contributed by atoms with Crippen LogP contribution in [0.25, 0.3) is 10.6 Å². The van der Waals surface area contributed by atoms with Crippen molar-refractivity contribution < 1.29 is 4.79 Å². The molecule has 0 atom stereocenters. The molecule has 0 bridgehead atoms. The van der Waals surface area contributed by atoms with E-state index in [9.17, 15) is 4.79 Å². The summed E-state index contributed by atoms with van der Waals surface area (Å²) < 4.78 is 0. The normalized spacial score (nSPS) is 11.1. The second-order valence-electron chi connectivity index (χ2n) is 6.98. The number of aromatic nitrogens is 1. The van der Waals surface area contributed by atoms with Crippen molar-refractivity contribution in [2.24, 2.45) is 0 Å². The molecule has 3 rings (SSSR count). The highest BCUT2D eigenvalue weighted by Gasteiger charge is 2.18. The number of carbonyl (C=O) groups is 1. The van der Waals surface area contributed by atoms with Crippen molar-refractivity contribution in [2.75, 3.05) is 0 Å². The zero-order valence-electron chi connectivity index (χ0n) is 16.2. The van der Waals surface area contributed by atoms with Crippen LogP contribution in [0.15, 0.2) is 60.0 Å². The predicted octanol–water partition coefficient (Wildman–Crippen LogP) is 6.92. The van der Waals surface area contributed by atoms with E-state index in [1.54, 1.807) is 0 Å². The van der Waals surface area contributed by atoms with Gasteiger partial charge in [-0.3, -0.25) is 4.79 Å². The summed E-state index contributed by atoms with van der Waals surface area (Å²) in [5.41, 5.74) is 4.14. The fourth-order valence-electron chi connectivity index (χ4n) is 3.62. The van der Waals surface area contributed by atoms with E-state index in [2.05, 4.69) is 37.0 Å². The summed E-state index contributed by atoms with van der Waals surface area (Å²) >= 11 is 1.54. The Hall–Kier alpha value is -2.26. The fourth-order valence-corrected chi connectivity index (χ4v) is 4.46. The Morgan fingerprint density at radius 3 is 2.33 bits per heavy atom. The molecule has 2 nitrogen and oxygen atoms in total. The summed E-state index contributed by atoms with van der Waals surface area (Å²) in [6.07, 6.45) is 5.11. The van der Waals surface area contributed by atoms with Crippen LogP contribution in [0.5, 0.6) is 0 Å². The number of hydrogen-bond donors (Lipinski definition) is 0. The third-order valence-corrected chi connectivity index (χ3v) is 5.82.